The van der Waals surface area contributed by atoms with Crippen LogP contribution in [-0.4, -0.2) is 37.1 Å². The zero-order chi connectivity index (χ0) is 11.6. The van der Waals surface area contributed by atoms with E-state index in [2.05, 4.69) is 6.07 Å². The lowest BCUT2D eigenvalue weighted by Crippen LogP contribution is -2.45. The predicted octanol–water partition coefficient (Wildman–Crippen LogP) is 1.32. The molecule has 0 radical (unpaired) electrons. The van der Waals surface area contributed by atoms with E-state index in [1.54, 1.807) is 11.9 Å². The van der Waals surface area contributed by atoms with Crippen molar-refractivity contribution in [1.29, 1.82) is 5.26 Å². The molecular weight excluding hydrogens is 204 g/mol. The Balaban J connectivity index is 2.08. The standard InChI is InChI=1S/C12H18N2O2/c1-14(10-4-7-16-8-10)11(15)12(9-13)5-2-3-6-12/h10H,2-8H2,1H3. The van der Waals surface area contributed by atoms with E-state index in [9.17, 15) is 10.1 Å². The van der Waals surface area contributed by atoms with Gasteiger partial charge in [-0.1, -0.05) is 12.8 Å². The maximum absolute atomic E-state index is 12.3. The molecule has 1 aliphatic carbocycles. The normalized spacial score (nSPS) is 27.6. The van der Waals surface area contributed by atoms with Crippen molar-refractivity contribution in [2.75, 3.05) is 20.3 Å². The summed E-state index contributed by atoms with van der Waals surface area (Å²) in [4.78, 5) is 14.1. The molecule has 1 amide bonds. The second-order valence-corrected chi connectivity index (χ2v) is 4.83. The Morgan fingerprint density at radius 2 is 2.19 bits per heavy atom. The third-order valence-corrected chi connectivity index (χ3v) is 3.85. The van der Waals surface area contributed by atoms with Gasteiger partial charge in [0, 0.05) is 13.7 Å². The molecule has 2 fully saturated rings. The number of hydrogen-bond acceptors (Lipinski definition) is 3. The van der Waals surface area contributed by atoms with E-state index >= 15 is 0 Å². The van der Waals surface area contributed by atoms with Crippen LogP contribution in [0.1, 0.15) is 32.1 Å². The quantitative estimate of drug-likeness (QED) is 0.708. The molecular formula is C12H18N2O2. The number of ether oxygens (including phenoxy) is 1. The number of likely N-dealkylation sites (N-methyl/N-ethyl adjacent to an activating group) is 1. The Hall–Kier alpha value is -1.08. The van der Waals surface area contributed by atoms with E-state index in [-0.39, 0.29) is 11.9 Å². The molecule has 0 aromatic carbocycles. The van der Waals surface area contributed by atoms with Crippen molar-refractivity contribution in [2.45, 2.75) is 38.1 Å². The molecule has 2 aliphatic rings. The number of nitrogens with zero attached hydrogens (tertiary/aromatic N) is 2. The molecule has 0 bridgehead atoms. The largest absolute Gasteiger partial charge is 0.379 e. The molecule has 1 unspecified atom stereocenters. The lowest BCUT2D eigenvalue weighted by atomic mass is 9.86. The van der Waals surface area contributed by atoms with Crippen molar-refractivity contribution >= 4 is 5.91 Å². The highest BCUT2D eigenvalue weighted by molar-refractivity contribution is 5.85. The number of rotatable bonds is 2. The Morgan fingerprint density at radius 1 is 1.50 bits per heavy atom. The van der Waals surface area contributed by atoms with Gasteiger partial charge in [0.05, 0.1) is 18.7 Å². The molecule has 1 heterocycles. The molecule has 1 atom stereocenters. The second-order valence-electron chi connectivity index (χ2n) is 4.83. The Bertz CT molecular complexity index is 309. The van der Waals surface area contributed by atoms with Crippen LogP contribution in [0.25, 0.3) is 0 Å². The summed E-state index contributed by atoms with van der Waals surface area (Å²) in [7, 11) is 1.80. The van der Waals surface area contributed by atoms with Crippen LogP contribution >= 0.6 is 0 Å². The number of hydrogen-bond donors (Lipinski definition) is 0. The smallest absolute Gasteiger partial charge is 0.243 e. The van der Waals surface area contributed by atoms with Gasteiger partial charge in [-0.3, -0.25) is 4.79 Å². The summed E-state index contributed by atoms with van der Waals surface area (Å²) in [6, 6.07) is 2.41. The minimum absolute atomic E-state index is 0.00278. The van der Waals surface area contributed by atoms with Crippen molar-refractivity contribution in [2.24, 2.45) is 5.41 Å². The third kappa shape index (κ3) is 1.80. The maximum Gasteiger partial charge on any atom is 0.243 e. The average Bonchev–Trinajstić information content (AvgIpc) is 2.98. The lowest BCUT2D eigenvalue weighted by Gasteiger charge is -2.30. The summed E-state index contributed by atoms with van der Waals surface area (Å²) in [5.41, 5.74) is -0.739. The van der Waals surface area contributed by atoms with Crippen LogP contribution in [0.15, 0.2) is 0 Å². The van der Waals surface area contributed by atoms with E-state index in [0.29, 0.717) is 6.61 Å². The number of amides is 1. The zero-order valence-electron chi connectivity index (χ0n) is 9.74. The molecule has 16 heavy (non-hydrogen) atoms. The molecule has 0 aromatic heterocycles. The van der Waals surface area contributed by atoms with Gasteiger partial charge in [0.15, 0.2) is 0 Å². The van der Waals surface area contributed by atoms with Gasteiger partial charge in [-0.2, -0.15) is 5.26 Å². The van der Waals surface area contributed by atoms with Crippen LogP contribution in [0.5, 0.6) is 0 Å². The summed E-state index contributed by atoms with van der Waals surface area (Å²) < 4.78 is 5.28. The van der Waals surface area contributed by atoms with Gasteiger partial charge in [-0.05, 0) is 19.3 Å². The van der Waals surface area contributed by atoms with E-state index in [4.69, 9.17) is 4.74 Å². The van der Waals surface area contributed by atoms with Gasteiger partial charge in [0.25, 0.3) is 0 Å². The van der Waals surface area contributed by atoms with Crippen molar-refractivity contribution in [3.05, 3.63) is 0 Å². The Kier molecular flexibility index (Phi) is 3.15. The van der Waals surface area contributed by atoms with Crippen LogP contribution in [0.3, 0.4) is 0 Å². The molecule has 88 valence electrons. The van der Waals surface area contributed by atoms with Gasteiger partial charge in [-0.25, -0.2) is 0 Å². The van der Waals surface area contributed by atoms with Gasteiger partial charge >= 0.3 is 0 Å². The average molecular weight is 222 g/mol. The Morgan fingerprint density at radius 3 is 2.69 bits per heavy atom. The van der Waals surface area contributed by atoms with Gasteiger partial charge in [0.2, 0.25) is 5.91 Å². The molecule has 0 spiro atoms. The number of carbonyl (C=O) groups is 1. The zero-order valence-corrected chi connectivity index (χ0v) is 9.74. The second kappa shape index (κ2) is 4.42. The summed E-state index contributed by atoms with van der Waals surface area (Å²) in [5, 5.41) is 9.25. The van der Waals surface area contributed by atoms with E-state index in [1.165, 1.54) is 0 Å². The number of nitriles is 1. The Labute approximate surface area is 96.2 Å². The highest BCUT2D eigenvalue weighted by atomic mass is 16.5. The minimum atomic E-state index is -0.739. The summed E-state index contributed by atoms with van der Waals surface area (Å²) in [6.07, 6.45) is 4.33. The molecule has 1 saturated heterocycles. The molecule has 4 nitrogen and oxygen atoms in total. The minimum Gasteiger partial charge on any atom is -0.379 e. The molecule has 0 aromatic rings. The van der Waals surface area contributed by atoms with Gasteiger partial charge in [-0.15, -0.1) is 0 Å². The molecule has 0 N–H and O–H groups in total. The van der Waals surface area contributed by atoms with E-state index < -0.39 is 5.41 Å². The van der Waals surface area contributed by atoms with Crippen LogP contribution in [0.2, 0.25) is 0 Å². The number of carbonyl (C=O) groups excluding carboxylic acids is 1. The van der Waals surface area contributed by atoms with Crippen LogP contribution in [-0.2, 0) is 9.53 Å². The predicted molar refractivity (Wildman–Crippen MR) is 58.5 cm³/mol. The van der Waals surface area contributed by atoms with Crippen LogP contribution in [0, 0.1) is 16.7 Å². The SMILES string of the molecule is CN(C(=O)C1(C#N)CCCC1)C1CCOC1. The summed E-state index contributed by atoms with van der Waals surface area (Å²) in [6.45, 7) is 1.34. The lowest BCUT2D eigenvalue weighted by molar-refractivity contribution is -0.139. The van der Waals surface area contributed by atoms with Crippen LogP contribution in [0.4, 0.5) is 0 Å². The first kappa shape index (κ1) is 11.4. The van der Waals surface area contributed by atoms with E-state index in [0.717, 1.165) is 38.7 Å². The topological polar surface area (TPSA) is 53.3 Å². The third-order valence-electron chi connectivity index (χ3n) is 3.85. The van der Waals surface area contributed by atoms with Crippen molar-refractivity contribution in [1.82, 2.24) is 4.90 Å². The maximum atomic E-state index is 12.3. The fraction of sp³-hybridized carbons (Fsp3) is 0.833. The van der Waals surface area contributed by atoms with Crippen molar-refractivity contribution < 1.29 is 9.53 Å². The first-order chi connectivity index (χ1) is 7.69. The molecule has 1 saturated carbocycles. The monoisotopic (exact) mass is 222 g/mol. The highest BCUT2D eigenvalue weighted by Gasteiger charge is 2.44. The summed E-state index contributed by atoms with van der Waals surface area (Å²) in [5.74, 6) is 0.00278. The molecule has 2 rings (SSSR count). The van der Waals surface area contributed by atoms with Gasteiger partial charge < -0.3 is 9.64 Å². The van der Waals surface area contributed by atoms with Gasteiger partial charge in [0.1, 0.15) is 5.41 Å². The van der Waals surface area contributed by atoms with E-state index in [1.807, 2.05) is 0 Å². The molecule has 1 aliphatic heterocycles. The van der Waals surface area contributed by atoms with Crippen molar-refractivity contribution in [3.8, 4) is 6.07 Å². The van der Waals surface area contributed by atoms with Crippen LogP contribution < -0.4 is 0 Å². The fourth-order valence-corrected chi connectivity index (χ4v) is 2.68. The fourth-order valence-electron chi connectivity index (χ4n) is 2.68. The summed E-state index contributed by atoms with van der Waals surface area (Å²) >= 11 is 0. The first-order valence-electron chi connectivity index (χ1n) is 5.96. The highest BCUT2D eigenvalue weighted by Crippen LogP contribution is 2.39. The van der Waals surface area contributed by atoms with Crippen molar-refractivity contribution in [3.63, 3.8) is 0 Å². The molecule has 4 heteroatoms. The first-order valence-corrected chi connectivity index (χ1v) is 5.96.